The molecule has 1 heterocycles. The van der Waals surface area contributed by atoms with Crippen molar-refractivity contribution in [3.05, 3.63) is 28.4 Å². The monoisotopic (exact) mass is 243 g/mol. The highest BCUT2D eigenvalue weighted by Gasteiger charge is 2.11. The predicted octanol–water partition coefficient (Wildman–Crippen LogP) is 2.69. The zero-order valence-corrected chi connectivity index (χ0v) is 9.59. The summed E-state index contributed by atoms with van der Waals surface area (Å²) in [5.74, 6) is 0. The first-order chi connectivity index (χ1) is 7.24. The van der Waals surface area contributed by atoms with Gasteiger partial charge in [0.1, 0.15) is 5.15 Å². The second kappa shape index (κ2) is 4.39. The van der Waals surface area contributed by atoms with Gasteiger partial charge in [0.25, 0.3) is 0 Å². The molecular formula is C10H11Cl2N3. The molecule has 0 atom stereocenters. The molecule has 0 aliphatic carbocycles. The molecule has 0 amide bonds. The summed E-state index contributed by atoms with van der Waals surface area (Å²) in [7, 11) is 0. The molecular weight excluding hydrogens is 233 g/mol. The average Bonchev–Trinajstić information content (AvgIpc) is 2.54. The third kappa shape index (κ3) is 1.95. The minimum atomic E-state index is 0.587. The molecule has 15 heavy (non-hydrogen) atoms. The van der Waals surface area contributed by atoms with Gasteiger partial charge in [-0.2, -0.15) is 5.10 Å². The molecule has 0 radical (unpaired) electrons. The van der Waals surface area contributed by atoms with Crippen LogP contribution in [0, 0.1) is 0 Å². The number of nitrogens with zero attached hydrogens (tertiary/aromatic N) is 2. The lowest BCUT2D eigenvalue weighted by molar-refractivity contribution is 0.591. The quantitative estimate of drug-likeness (QED) is 0.901. The number of halogens is 2. The van der Waals surface area contributed by atoms with E-state index in [0.29, 0.717) is 16.7 Å². The van der Waals surface area contributed by atoms with E-state index in [1.54, 1.807) is 4.68 Å². The van der Waals surface area contributed by atoms with Gasteiger partial charge in [0, 0.05) is 6.54 Å². The van der Waals surface area contributed by atoms with E-state index in [4.69, 9.17) is 28.9 Å². The van der Waals surface area contributed by atoms with Gasteiger partial charge in [0.05, 0.1) is 15.9 Å². The highest BCUT2D eigenvalue weighted by molar-refractivity contribution is 6.41. The maximum atomic E-state index is 6.17. The smallest absolute Gasteiger partial charge is 0.136 e. The molecule has 0 spiro atoms. The van der Waals surface area contributed by atoms with Crippen LogP contribution in [0.2, 0.25) is 10.2 Å². The SMILES string of the molecule is NCCCn1nc2cccc(Cl)c2c1Cl. The van der Waals surface area contributed by atoms with E-state index < -0.39 is 0 Å². The zero-order valence-electron chi connectivity index (χ0n) is 8.08. The Hall–Kier alpha value is -0.770. The fraction of sp³-hybridized carbons (Fsp3) is 0.300. The molecule has 0 saturated heterocycles. The second-order valence-corrected chi connectivity index (χ2v) is 4.06. The van der Waals surface area contributed by atoms with Gasteiger partial charge in [-0.15, -0.1) is 0 Å². The molecule has 2 N–H and O–H groups in total. The van der Waals surface area contributed by atoms with E-state index in [-0.39, 0.29) is 0 Å². The Morgan fingerprint density at radius 2 is 2.13 bits per heavy atom. The largest absolute Gasteiger partial charge is 0.330 e. The summed E-state index contributed by atoms with van der Waals surface area (Å²) in [5, 5.41) is 6.40. The Morgan fingerprint density at radius 1 is 1.33 bits per heavy atom. The number of hydrogen-bond acceptors (Lipinski definition) is 2. The maximum absolute atomic E-state index is 6.17. The predicted molar refractivity (Wildman–Crippen MR) is 63.4 cm³/mol. The van der Waals surface area contributed by atoms with Gasteiger partial charge in [-0.3, -0.25) is 4.68 Å². The summed E-state index contributed by atoms with van der Waals surface area (Å²) >= 11 is 12.2. The third-order valence-corrected chi connectivity index (χ3v) is 2.93. The molecule has 3 nitrogen and oxygen atoms in total. The second-order valence-electron chi connectivity index (χ2n) is 3.29. The Kier molecular flexibility index (Phi) is 3.14. The van der Waals surface area contributed by atoms with Gasteiger partial charge in [-0.05, 0) is 25.1 Å². The summed E-state index contributed by atoms with van der Waals surface area (Å²) < 4.78 is 1.74. The molecule has 2 aromatic rings. The molecule has 80 valence electrons. The molecule has 0 bridgehead atoms. The van der Waals surface area contributed by atoms with Crippen LogP contribution in [0.1, 0.15) is 6.42 Å². The number of rotatable bonds is 3. The van der Waals surface area contributed by atoms with Crippen LogP contribution in [0.5, 0.6) is 0 Å². The van der Waals surface area contributed by atoms with E-state index in [0.717, 1.165) is 23.9 Å². The number of fused-ring (bicyclic) bond motifs is 1. The van der Waals surface area contributed by atoms with Crippen molar-refractivity contribution in [2.24, 2.45) is 5.73 Å². The number of nitrogens with two attached hydrogens (primary N) is 1. The molecule has 0 aliphatic rings. The van der Waals surface area contributed by atoms with Crippen LogP contribution in [-0.4, -0.2) is 16.3 Å². The molecule has 0 unspecified atom stereocenters. The lowest BCUT2D eigenvalue weighted by Crippen LogP contribution is -2.06. The number of benzene rings is 1. The molecule has 1 aromatic heterocycles. The Labute approximate surface area is 97.8 Å². The summed E-state index contributed by atoms with van der Waals surface area (Å²) in [4.78, 5) is 0. The fourth-order valence-corrected chi connectivity index (χ4v) is 2.12. The average molecular weight is 244 g/mol. The van der Waals surface area contributed by atoms with Crippen LogP contribution < -0.4 is 5.73 Å². The number of aryl methyl sites for hydroxylation is 1. The van der Waals surface area contributed by atoms with E-state index in [2.05, 4.69) is 5.10 Å². The van der Waals surface area contributed by atoms with Gasteiger partial charge < -0.3 is 5.73 Å². The van der Waals surface area contributed by atoms with Crippen molar-refractivity contribution >= 4 is 34.1 Å². The van der Waals surface area contributed by atoms with Crippen LogP contribution in [0.15, 0.2) is 18.2 Å². The van der Waals surface area contributed by atoms with Crippen LogP contribution in [0.25, 0.3) is 10.9 Å². The van der Waals surface area contributed by atoms with Gasteiger partial charge >= 0.3 is 0 Å². The normalized spacial score (nSPS) is 11.1. The van der Waals surface area contributed by atoms with Crippen molar-refractivity contribution in [1.82, 2.24) is 9.78 Å². The van der Waals surface area contributed by atoms with Crippen LogP contribution >= 0.6 is 23.2 Å². The van der Waals surface area contributed by atoms with Gasteiger partial charge in [0.15, 0.2) is 0 Å². The summed E-state index contributed by atoms with van der Waals surface area (Å²) in [6.07, 6.45) is 0.853. The van der Waals surface area contributed by atoms with Crippen molar-refractivity contribution in [1.29, 1.82) is 0 Å². The Bertz CT molecular complexity index is 479. The molecule has 0 saturated carbocycles. The summed E-state index contributed by atoms with van der Waals surface area (Å²) in [6, 6.07) is 5.57. The lowest BCUT2D eigenvalue weighted by Gasteiger charge is -2.00. The van der Waals surface area contributed by atoms with Crippen molar-refractivity contribution in [2.45, 2.75) is 13.0 Å². The van der Waals surface area contributed by atoms with Crippen LogP contribution in [0.3, 0.4) is 0 Å². The van der Waals surface area contributed by atoms with Crippen molar-refractivity contribution < 1.29 is 0 Å². The van der Waals surface area contributed by atoms with E-state index in [1.165, 1.54) is 0 Å². The Morgan fingerprint density at radius 3 is 2.80 bits per heavy atom. The highest BCUT2D eigenvalue weighted by Crippen LogP contribution is 2.29. The highest BCUT2D eigenvalue weighted by atomic mass is 35.5. The Balaban J connectivity index is 2.50. The summed E-state index contributed by atoms with van der Waals surface area (Å²) in [5.41, 5.74) is 6.26. The lowest BCUT2D eigenvalue weighted by atomic mass is 10.2. The van der Waals surface area contributed by atoms with Crippen molar-refractivity contribution in [3.8, 4) is 0 Å². The first-order valence-electron chi connectivity index (χ1n) is 4.74. The summed E-state index contributed by atoms with van der Waals surface area (Å²) in [6.45, 7) is 1.35. The van der Waals surface area contributed by atoms with Gasteiger partial charge in [-0.1, -0.05) is 29.3 Å². The maximum Gasteiger partial charge on any atom is 0.136 e. The molecule has 2 rings (SSSR count). The van der Waals surface area contributed by atoms with E-state index in [1.807, 2.05) is 18.2 Å². The van der Waals surface area contributed by atoms with E-state index in [9.17, 15) is 0 Å². The third-order valence-electron chi connectivity index (χ3n) is 2.23. The molecule has 0 aliphatic heterocycles. The van der Waals surface area contributed by atoms with Gasteiger partial charge in [-0.25, -0.2) is 0 Å². The molecule has 5 heteroatoms. The number of aromatic nitrogens is 2. The van der Waals surface area contributed by atoms with E-state index >= 15 is 0 Å². The van der Waals surface area contributed by atoms with Gasteiger partial charge in [0.2, 0.25) is 0 Å². The van der Waals surface area contributed by atoms with Crippen molar-refractivity contribution in [3.63, 3.8) is 0 Å². The minimum Gasteiger partial charge on any atom is -0.330 e. The first kappa shape index (κ1) is 10.7. The fourth-order valence-electron chi connectivity index (χ4n) is 1.49. The topological polar surface area (TPSA) is 43.8 Å². The standard InChI is InChI=1S/C10H11Cl2N3/c11-7-3-1-4-8-9(7)10(12)15(14-8)6-2-5-13/h1,3-4H,2,5-6,13H2. The number of hydrogen-bond donors (Lipinski definition) is 1. The first-order valence-corrected chi connectivity index (χ1v) is 5.50. The zero-order chi connectivity index (χ0) is 10.8. The van der Waals surface area contributed by atoms with Crippen LogP contribution in [-0.2, 0) is 6.54 Å². The molecule has 1 aromatic carbocycles. The minimum absolute atomic E-state index is 0.587. The van der Waals surface area contributed by atoms with Crippen molar-refractivity contribution in [2.75, 3.05) is 6.54 Å². The molecule has 0 fully saturated rings. The van der Waals surface area contributed by atoms with Crippen LogP contribution in [0.4, 0.5) is 0 Å².